The number of hydrogen-bond acceptors (Lipinski definition) is 5. The van der Waals surface area contributed by atoms with Crippen molar-refractivity contribution in [2.45, 2.75) is 6.92 Å². The third kappa shape index (κ3) is 23.9. The third-order valence-corrected chi connectivity index (χ3v) is 1.87. The van der Waals surface area contributed by atoms with Crippen molar-refractivity contribution < 1.29 is 43.4 Å². The molecule has 0 aliphatic heterocycles. The summed E-state index contributed by atoms with van der Waals surface area (Å²) in [7, 11) is -4.64. The number of carboxylic acids is 1. The van der Waals surface area contributed by atoms with Gasteiger partial charge in [-0.1, -0.05) is 31.4 Å². The van der Waals surface area contributed by atoms with Gasteiger partial charge >= 0.3 is 19.8 Å². The zero-order chi connectivity index (χ0) is 19.9. The molecule has 0 radical (unpaired) electrons. The summed E-state index contributed by atoms with van der Waals surface area (Å²) >= 11 is 0. The second-order valence-electron chi connectivity index (χ2n) is 4.13. The van der Waals surface area contributed by atoms with Crippen LogP contribution in [0, 0.1) is 0 Å². The monoisotopic (exact) mass is 376 g/mol. The van der Waals surface area contributed by atoms with Gasteiger partial charge in [0.15, 0.2) is 0 Å². The molecule has 1 rings (SSSR count). The minimum Gasteiger partial charge on any atom is -0.490 e. The molecule has 0 heterocycles. The van der Waals surface area contributed by atoms with Crippen molar-refractivity contribution in [3.8, 4) is 5.75 Å². The van der Waals surface area contributed by atoms with Crippen molar-refractivity contribution in [2.75, 3.05) is 13.2 Å². The lowest BCUT2D eigenvalue weighted by Crippen LogP contribution is -2.09. The average Bonchev–Trinajstić information content (AvgIpc) is 2.51. The number of para-hydroxylation sites is 1. The number of aliphatic carboxylic acids is 1. The van der Waals surface area contributed by atoms with Crippen LogP contribution in [0.25, 0.3) is 0 Å². The lowest BCUT2D eigenvalue weighted by molar-refractivity contribution is -0.138. The van der Waals surface area contributed by atoms with Crippen molar-refractivity contribution >= 4 is 19.8 Å². The van der Waals surface area contributed by atoms with Gasteiger partial charge in [0.05, 0.1) is 0 Å². The molecule has 0 saturated carbocycles. The SMILES string of the molecule is C=C(C)C(=O)O.C=CC(=O)OCCOc1ccccc1.O=P(O)(O)O. The molecule has 9 nitrogen and oxygen atoms in total. The summed E-state index contributed by atoms with van der Waals surface area (Å²) < 4.78 is 18.9. The van der Waals surface area contributed by atoms with Crippen LogP contribution in [-0.2, 0) is 18.9 Å². The maximum absolute atomic E-state index is 10.6. The van der Waals surface area contributed by atoms with Gasteiger partial charge in [0.1, 0.15) is 19.0 Å². The largest absolute Gasteiger partial charge is 0.490 e. The number of carbonyl (C=O) groups is 2. The Bertz CT molecular complexity index is 572. The fourth-order valence-corrected chi connectivity index (χ4v) is 0.877. The van der Waals surface area contributed by atoms with Crippen molar-refractivity contribution in [3.05, 3.63) is 55.1 Å². The van der Waals surface area contributed by atoms with Crippen molar-refractivity contribution in [3.63, 3.8) is 0 Å². The summed E-state index contributed by atoms with van der Waals surface area (Å²) in [5.74, 6) is -0.598. The maximum Gasteiger partial charge on any atom is 0.466 e. The van der Waals surface area contributed by atoms with E-state index >= 15 is 0 Å². The number of benzene rings is 1. The van der Waals surface area contributed by atoms with Crippen molar-refractivity contribution in [1.82, 2.24) is 0 Å². The Labute approximate surface area is 145 Å². The minimum absolute atomic E-state index is 0.176. The highest BCUT2D eigenvalue weighted by atomic mass is 31.2. The van der Waals surface area contributed by atoms with E-state index in [9.17, 15) is 9.59 Å². The highest BCUT2D eigenvalue weighted by Crippen LogP contribution is 2.25. The van der Waals surface area contributed by atoms with Crippen LogP contribution in [-0.4, -0.2) is 44.9 Å². The molecule has 0 amide bonds. The van der Waals surface area contributed by atoms with Crippen LogP contribution in [0.1, 0.15) is 6.92 Å². The zero-order valence-electron chi connectivity index (χ0n) is 13.6. The molecular weight excluding hydrogens is 355 g/mol. The van der Waals surface area contributed by atoms with Crippen molar-refractivity contribution in [2.24, 2.45) is 0 Å². The van der Waals surface area contributed by atoms with Gasteiger partial charge in [0.25, 0.3) is 0 Å². The van der Waals surface area contributed by atoms with E-state index in [0.29, 0.717) is 6.61 Å². The molecule has 140 valence electrons. The molecule has 0 aliphatic carbocycles. The van der Waals surface area contributed by atoms with E-state index < -0.39 is 19.8 Å². The molecule has 0 bridgehead atoms. The van der Waals surface area contributed by atoms with Gasteiger partial charge in [-0.25, -0.2) is 14.2 Å². The Hall–Kier alpha value is -2.45. The number of carbonyl (C=O) groups excluding carboxylic acids is 1. The molecule has 1 aromatic carbocycles. The summed E-state index contributed by atoms with van der Waals surface area (Å²) in [6.07, 6.45) is 1.13. The van der Waals surface area contributed by atoms with E-state index in [4.69, 9.17) is 33.8 Å². The third-order valence-electron chi connectivity index (χ3n) is 1.87. The molecule has 0 fully saturated rings. The summed E-state index contributed by atoms with van der Waals surface area (Å²) in [6, 6.07) is 9.35. The summed E-state index contributed by atoms with van der Waals surface area (Å²) in [5.41, 5.74) is 0.176. The number of carboxylic acid groups (broad SMARTS) is 1. The predicted molar refractivity (Wildman–Crippen MR) is 89.8 cm³/mol. The Morgan fingerprint density at radius 2 is 1.60 bits per heavy atom. The minimum atomic E-state index is -4.64. The number of rotatable bonds is 6. The normalized spacial score (nSPS) is 9.28. The fourth-order valence-electron chi connectivity index (χ4n) is 0.877. The van der Waals surface area contributed by atoms with Crippen LogP contribution < -0.4 is 4.74 Å². The summed E-state index contributed by atoms with van der Waals surface area (Å²) in [4.78, 5) is 41.8. The molecule has 1 aromatic rings. The fraction of sp³-hybridized carbons (Fsp3) is 0.200. The quantitative estimate of drug-likeness (QED) is 0.251. The van der Waals surface area contributed by atoms with E-state index in [1.54, 1.807) is 0 Å². The lowest BCUT2D eigenvalue weighted by Gasteiger charge is -2.05. The predicted octanol–water partition coefficient (Wildman–Crippen LogP) is 1.51. The highest BCUT2D eigenvalue weighted by molar-refractivity contribution is 7.45. The first-order valence-corrected chi connectivity index (χ1v) is 8.18. The lowest BCUT2D eigenvalue weighted by atomic mass is 10.3. The molecule has 25 heavy (non-hydrogen) atoms. The first-order valence-electron chi connectivity index (χ1n) is 6.61. The topological polar surface area (TPSA) is 151 Å². The Balaban J connectivity index is 0. The first-order chi connectivity index (χ1) is 11.5. The van der Waals surface area contributed by atoms with E-state index in [1.165, 1.54) is 6.92 Å². The zero-order valence-corrected chi connectivity index (χ0v) is 14.5. The summed E-state index contributed by atoms with van der Waals surface area (Å²) in [6.45, 7) is 8.47. The van der Waals surface area contributed by atoms with Gasteiger partial charge < -0.3 is 29.3 Å². The van der Waals surface area contributed by atoms with Crippen LogP contribution >= 0.6 is 7.82 Å². The molecule has 0 aliphatic rings. The first kappa shape index (κ1) is 24.8. The van der Waals surface area contributed by atoms with Crippen LogP contribution in [0.15, 0.2) is 55.1 Å². The Morgan fingerprint density at radius 3 is 1.96 bits per heavy atom. The van der Waals surface area contributed by atoms with E-state index in [2.05, 4.69) is 13.2 Å². The van der Waals surface area contributed by atoms with Crippen molar-refractivity contribution in [1.29, 1.82) is 0 Å². The number of esters is 1. The van der Waals surface area contributed by atoms with Gasteiger partial charge in [-0.3, -0.25) is 0 Å². The Morgan fingerprint density at radius 1 is 1.16 bits per heavy atom. The van der Waals surface area contributed by atoms with Crippen LogP contribution in [0.4, 0.5) is 0 Å². The van der Waals surface area contributed by atoms with E-state index in [-0.39, 0.29) is 12.2 Å². The van der Waals surface area contributed by atoms with Crippen LogP contribution in [0.5, 0.6) is 5.75 Å². The highest BCUT2D eigenvalue weighted by Gasteiger charge is 2.00. The van der Waals surface area contributed by atoms with Crippen LogP contribution in [0.2, 0.25) is 0 Å². The molecule has 0 atom stereocenters. The van der Waals surface area contributed by atoms with Gasteiger partial charge in [0.2, 0.25) is 0 Å². The molecule has 0 saturated heterocycles. The second-order valence-corrected chi connectivity index (χ2v) is 5.16. The van der Waals surface area contributed by atoms with Gasteiger partial charge in [-0.15, -0.1) is 0 Å². The number of phosphoric acid groups is 1. The smallest absolute Gasteiger partial charge is 0.466 e. The number of hydrogen-bond donors (Lipinski definition) is 4. The van der Waals surface area contributed by atoms with Gasteiger partial charge in [0, 0.05) is 11.6 Å². The maximum atomic E-state index is 10.6. The number of ether oxygens (including phenoxy) is 2. The molecule has 10 heteroatoms. The van der Waals surface area contributed by atoms with E-state index in [0.717, 1.165) is 11.8 Å². The van der Waals surface area contributed by atoms with E-state index in [1.807, 2.05) is 30.3 Å². The molecule has 0 spiro atoms. The van der Waals surface area contributed by atoms with Gasteiger partial charge in [-0.2, -0.15) is 0 Å². The molecule has 4 N–H and O–H groups in total. The standard InChI is InChI=1S/C11H12O3.C4H6O2.H3O4P/c1-2-11(12)14-9-8-13-10-6-4-3-5-7-10;1-3(2)4(5)6;1-5(2,3)4/h2-7H,1,8-9H2;1H2,2H3,(H,5,6);(H3,1,2,3,4). The average molecular weight is 376 g/mol. The van der Waals surface area contributed by atoms with Crippen LogP contribution in [0.3, 0.4) is 0 Å². The summed E-state index contributed by atoms with van der Waals surface area (Å²) in [5, 5.41) is 7.89. The Kier molecular flexibility index (Phi) is 13.8. The molecule has 0 unspecified atom stereocenters. The molecular formula is C15H21O9P. The van der Waals surface area contributed by atoms with Gasteiger partial charge in [-0.05, 0) is 19.1 Å². The second kappa shape index (κ2) is 13.9. The molecule has 0 aromatic heterocycles.